The van der Waals surface area contributed by atoms with Gasteiger partial charge in [-0.3, -0.25) is 4.79 Å². The van der Waals surface area contributed by atoms with Crippen LogP contribution in [0, 0.1) is 0 Å². The smallest absolute Gasteiger partial charge is 0.254 e. The van der Waals surface area contributed by atoms with Crippen molar-refractivity contribution in [3.05, 3.63) is 59.8 Å². The Morgan fingerprint density at radius 3 is 2.96 bits per heavy atom. The summed E-state index contributed by atoms with van der Waals surface area (Å²) in [4.78, 5) is 16.9. The van der Waals surface area contributed by atoms with Gasteiger partial charge in [-0.15, -0.1) is 11.8 Å². The summed E-state index contributed by atoms with van der Waals surface area (Å²) in [6, 6.07) is 13.5. The van der Waals surface area contributed by atoms with Crippen molar-refractivity contribution >= 4 is 17.7 Å². The van der Waals surface area contributed by atoms with Gasteiger partial charge in [-0.25, -0.2) is 4.98 Å². The number of carbonyl (C=O) groups is 1. The van der Waals surface area contributed by atoms with Crippen LogP contribution in [0.15, 0.2) is 53.7 Å². The number of carbonyl (C=O) groups excluding carboxylic acids is 1. The number of hydrogen-bond donors (Lipinski definition) is 1. The second kappa shape index (κ2) is 8.99. The lowest BCUT2D eigenvalue weighted by molar-refractivity contribution is -0.0736. The van der Waals surface area contributed by atoms with Gasteiger partial charge in [0.15, 0.2) is 0 Å². The quantitative estimate of drug-likeness (QED) is 0.805. The summed E-state index contributed by atoms with van der Waals surface area (Å²) in [5.74, 6) is -0.113. The number of aromatic nitrogens is 1. The van der Waals surface area contributed by atoms with E-state index in [2.05, 4.69) is 10.3 Å². The highest BCUT2D eigenvalue weighted by Gasteiger charge is 2.29. The molecule has 25 heavy (non-hydrogen) atoms. The predicted molar refractivity (Wildman–Crippen MR) is 97.7 cm³/mol. The molecule has 2 aromatic rings. The highest BCUT2D eigenvalue weighted by molar-refractivity contribution is 7.98. The summed E-state index contributed by atoms with van der Waals surface area (Å²) in [5, 5.41) is 3.83. The molecule has 1 aliphatic heterocycles. The summed E-state index contributed by atoms with van der Waals surface area (Å²) in [5.41, 5.74) is 1.71. The number of thioether (sulfide) groups is 1. The first-order chi connectivity index (χ1) is 12.3. The number of benzene rings is 1. The third kappa shape index (κ3) is 4.81. The third-order valence-corrected chi connectivity index (χ3v) is 4.85. The van der Waals surface area contributed by atoms with E-state index in [-0.39, 0.29) is 18.1 Å². The van der Waals surface area contributed by atoms with Gasteiger partial charge in [-0.1, -0.05) is 30.3 Å². The molecule has 2 atom stereocenters. The number of hydrogen-bond acceptors (Lipinski definition) is 5. The molecule has 1 aromatic carbocycles. The van der Waals surface area contributed by atoms with E-state index in [4.69, 9.17) is 9.47 Å². The van der Waals surface area contributed by atoms with Crippen LogP contribution in [-0.2, 0) is 16.1 Å². The molecule has 0 spiro atoms. The molecule has 0 radical (unpaired) electrons. The Kier molecular flexibility index (Phi) is 6.44. The van der Waals surface area contributed by atoms with E-state index in [0.29, 0.717) is 25.4 Å². The van der Waals surface area contributed by atoms with Gasteiger partial charge >= 0.3 is 0 Å². The van der Waals surface area contributed by atoms with E-state index in [1.807, 2.05) is 36.6 Å². The van der Waals surface area contributed by atoms with Crippen LogP contribution in [0.2, 0.25) is 0 Å². The van der Waals surface area contributed by atoms with Crippen molar-refractivity contribution in [3.8, 4) is 0 Å². The van der Waals surface area contributed by atoms with Gasteiger partial charge < -0.3 is 14.8 Å². The Bertz CT molecular complexity index is 696. The van der Waals surface area contributed by atoms with Crippen molar-refractivity contribution < 1.29 is 14.3 Å². The molecule has 0 unspecified atom stereocenters. The molecule has 0 bridgehead atoms. The maximum absolute atomic E-state index is 12.7. The Morgan fingerprint density at radius 2 is 2.16 bits per heavy atom. The van der Waals surface area contributed by atoms with Gasteiger partial charge in [-0.2, -0.15) is 0 Å². The summed E-state index contributed by atoms with van der Waals surface area (Å²) in [7, 11) is 0. The predicted octanol–water partition coefficient (Wildman–Crippen LogP) is 2.91. The molecule has 0 saturated carbocycles. The van der Waals surface area contributed by atoms with Crippen LogP contribution in [0.1, 0.15) is 22.3 Å². The highest BCUT2D eigenvalue weighted by atomic mass is 32.2. The van der Waals surface area contributed by atoms with Gasteiger partial charge in [0.1, 0.15) is 11.1 Å². The van der Waals surface area contributed by atoms with E-state index in [1.54, 1.807) is 18.3 Å². The zero-order valence-electron chi connectivity index (χ0n) is 14.2. The normalized spacial score (nSPS) is 20.2. The lowest BCUT2D eigenvalue weighted by Crippen LogP contribution is -2.50. The molecular formula is C19H22N2O3S. The minimum Gasteiger partial charge on any atom is -0.379 e. The number of amides is 1. The zero-order chi connectivity index (χ0) is 17.5. The topological polar surface area (TPSA) is 60.5 Å². The van der Waals surface area contributed by atoms with Gasteiger partial charge in [0.2, 0.25) is 0 Å². The Morgan fingerprint density at radius 1 is 1.32 bits per heavy atom. The maximum Gasteiger partial charge on any atom is 0.254 e. The van der Waals surface area contributed by atoms with Gasteiger partial charge in [0, 0.05) is 12.8 Å². The number of pyridine rings is 1. The van der Waals surface area contributed by atoms with E-state index < -0.39 is 0 Å². The van der Waals surface area contributed by atoms with Crippen LogP contribution in [-0.4, -0.2) is 42.5 Å². The molecule has 0 aliphatic carbocycles. The van der Waals surface area contributed by atoms with Crippen molar-refractivity contribution in [2.24, 2.45) is 0 Å². The molecule has 6 heteroatoms. The summed E-state index contributed by atoms with van der Waals surface area (Å²) < 4.78 is 11.6. The zero-order valence-corrected chi connectivity index (χ0v) is 15.0. The molecule has 1 amide bonds. The Labute approximate surface area is 152 Å². The fourth-order valence-electron chi connectivity index (χ4n) is 2.79. The highest BCUT2D eigenvalue weighted by Crippen LogP contribution is 2.19. The van der Waals surface area contributed by atoms with Gasteiger partial charge in [0.05, 0.1) is 24.8 Å². The lowest BCUT2D eigenvalue weighted by Gasteiger charge is -2.32. The number of nitrogens with zero attached hydrogens (tertiary/aromatic N) is 1. The molecule has 3 rings (SSSR count). The first-order valence-corrected chi connectivity index (χ1v) is 9.53. The van der Waals surface area contributed by atoms with Gasteiger partial charge in [0.25, 0.3) is 5.91 Å². The van der Waals surface area contributed by atoms with Crippen LogP contribution in [0.4, 0.5) is 0 Å². The molecule has 5 nitrogen and oxygen atoms in total. The third-order valence-electron chi connectivity index (χ3n) is 4.14. The van der Waals surface area contributed by atoms with E-state index in [1.165, 1.54) is 11.8 Å². The van der Waals surface area contributed by atoms with Crippen molar-refractivity contribution in [1.82, 2.24) is 10.3 Å². The lowest BCUT2D eigenvalue weighted by atomic mass is 10.1. The summed E-state index contributed by atoms with van der Waals surface area (Å²) in [6.45, 7) is 1.61. The molecular weight excluding hydrogens is 336 g/mol. The number of rotatable bonds is 6. The summed E-state index contributed by atoms with van der Waals surface area (Å²) >= 11 is 1.47. The molecule has 132 valence electrons. The van der Waals surface area contributed by atoms with Crippen LogP contribution >= 0.6 is 11.8 Å². The van der Waals surface area contributed by atoms with E-state index >= 15 is 0 Å². The molecule has 1 aromatic heterocycles. The average Bonchev–Trinajstić information content (AvgIpc) is 2.68. The number of nitrogens with one attached hydrogen (secondary N) is 1. The van der Waals surface area contributed by atoms with Gasteiger partial charge in [-0.05, 0) is 30.4 Å². The van der Waals surface area contributed by atoms with Crippen LogP contribution in [0.3, 0.4) is 0 Å². The van der Waals surface area contributed by atoms with Crippen LogP contribution in [0.25, 0.3) is 0 Å². The molecule has 1 aliphatic rings. The number of ether oxygens (including phenoxy) is 2. The second-order valence-corrected chi connectivity index (χ2v) is 6.63. The van der Waals surface area contributed by atoms with E-state index in [0.717, 1.165) is 17.0 Å². The molecule has 1 fully saturated rings. The first kappa shape index (κ1) is 17.9. The van der Waals surface area contributed by atoms with Crippen LogP contribution < -0.4 is 5.32 Å². The standard InChI is InChI=1S/C19H22N2O3S/c1-25-19-15(8-5-10-20-19)18(22)21-16-9-11-23-13-17(16)24-12-14-6-3-2-4-7-14/h2-8,10,16-17H,9,11-13H2,1H3,(H,21,22)/t16-,17-/m1/s1. The second-order valence-electron chi connectivity index (χ2n) is 5.84. The van der Waals surface area contributed by atoms with Crippen LogP contribution in [0.5, 0.6) is 0 Å². The molecule has 2 heterocycles. The fourth-order valence-corrected chi connectivity index (χ4v) is 3.34. The van der Waals surface area contributed by atoms with Crippen molar-refractivity contribution in [1.29, 1.82) is 0 Å². The van der Waals surface area contributed by atoms with Crippen molar-refractivity contribution in [3.63, 3.8) is 0 Å². The largest absolute Gasteiger partial charge is 0.379 e. The Hall–Kier alpha value is -1.89. The summed E-state index contributed by atoms with van der Waals surface area (Å²) in [6.07, 6.45) is 4.19. The van der Waals surface area contributed by atoms with Crippen molar-refractivity contribution in [2.75, 3.05) is 19.5 Å². The maximum atomic E-state index is 12.7. The monoisotopic (exact) mass is 358 g/mol. The van der Waals surface area contributed by atoms with Crippen molar-refractivity contribution in [2.45, 2.75) is 30.2 Å². The Balaban J connectivity index is 1.63. The average molecular weight is 358 g/mol. The first-order valence-electron chi connectivity index (χ1n) is 8.31. The minimum atomic E-state index is -0.160. The molecule has 1 saturated heterocycles. The SMILES string of the molecule is CSc1ncccc1C(=O)N[C@@H]1CCOC[C@H]1OCc1ccccc1. The van der Waals surface area contributed by atoms with E-state index in [9.17, 15) is 4.79 Å². The molecule has 1 N–H and O–H groups in total. The minimum absolute atomic E-state index is 0.0696. The fraction of sp³-hybridized carbons (Fsp3) is 0.368.